The van der Waals surface area contributed by atoms with Crippen LogP contribution in [0.25, 0.3) is 0 Å². The number of hydrogen-bond acceptors (Lipinski definition) is 10. The van der Waals surface area contributed by atoms with Crippen molar-refractivity contribution in [1.29, 1.82) is 0 Å². The predicted molar refractivity (Wildman–Crippen MR) is 108 cm³/mol. The molecule has 0 unspecified atom stereocenters. The van der Waals surface area contributed by atoms with Crippen molar-refractivity contribution in [2.24, 2.45) is 0 Å². The molecule has 0 spiro atoms. The number of amides is 1. The summed E-state index contributed by atoms with van der Waals surface area (Å²) in [5.74, 6) is -1.00. The number of hydrogen-bond donors (Lipinski definition) is 2. The number of carbonyl (C=O) groups is 2. The molecule has 32 heavy (non-hydrogen) atoms. The summed E-state index contributed by atoms with van der Waals surface area (Å²) in [7, 11) is 3.87. The molecule has 172 valence electrons. The van der Waals surface area contributed by atoms with Gasteiger partial charge in [-0.2, -0.15) is 4.68 Å². The average Bonchev–Trinajstić information content (AvgIpc) is 3.46. The fraction of sp³-hybridized carbons (Fsp3) is 0.526. The number of tetrazole rings is 1. The van der Waals surface area contributed by atoms with Gasteiger partial charge in [0.25, 0.3) is 0 Å². The second kappa shape index (κ2) is 9.46. The van der Waals surface area contributed by atoms with Gasteiger partial charge >= 0.3 is 12.0 Å². The quantitative estimate of drug-likeness (QED) is 0.509. The standard InChI is InChI=1S/C19H24N6O7/c1-24(2)11-4-3-5-12(6-11)32-19-21-22-23-25(19)14-8-31-17-13(7-30-18(14)17)20-15(26)9-29-10-16(27)28/h3-6,13-14,17-18H,7-10H2,1-2H3,(H,20,26)(H,27,28)/t13-,14+,17-,18+/m0/s1. The Morgan fingerprint density at radius 2 is 2.06 bits per heavy atom. The van der Waals surface area contributed by atoms with Crippen LogP contribution in [-0.2, 0) is 23.8 Å². The van der Waals surface area contributed by atoms with Gasteiger partial charge in [-0.1, -0.05) is 11.2 Å². The van der Waals surface area contributed by atoms with Gasteiger partial charge in [0.05, 0.1) is 19.3 Å². The molecule has 2 aromatic rings. The molecule has 1 aromatic heterocycles. The molecule has 3 heterocycles. The van der Waals surface area contributed by atoms with E-state index in [1.54, 1.807) is 0 Å². The largest absolute Gasteiger partial charge is 0.480 e. The third-order valence-electron chi connectivity index (χ3n) is 5.15. The van der Waals surface area contributed by atoms with E-state index in [2.05, 4.69) is 20.8 Å². The molecule has 0 saturated carbocycles. The van der Waals surface area contributed by atoms with E-state index in [9.17, 15) is 9.59 Å². The van der Waals surface area contributed by atoms with Crippen LogP contribution in [0.3, 0.4) is 0 Å². The smallest absolute Gasteiger partial charge is 0.341 e. The van der Waals surface area contributed by atoms with Crippen LogP contribution in [0.4, 0.5) is 5.69 Å². The number of benzene rings is 1. The number of rotatable bonds is 9. The van der Waals surface area contributed by atoms with Crippen molar-refractivity contribution in [2.75, 3.05) is 45.4 Å². The molecule has 4 rings (SSSR count). The summed E-state index contributed by atoms with van der Waals surface area (Å²) in [4.78, 5) is 24.5. The van der Waals surface area contributed by atoms with Crippen LogP contribution in [0.15, 0.2) is 24.3 Å². The van der Waals surface area contributed by atoms with Gasteiger partial charge in [0.1, 0.15) is 37.2 Å². The van der Waals surface area contributed by atoms with E-state index in [0.717, 1.165) is 5.69 Å². The first-order chi connectivity index (χ1) is 15.4. The Hall–Kier alpha value is -3.29. The maximum Gasteiger partial charge on any atom is 0.341 e. The average molecular weight is 448 g/mol. The topological polar surface area (TPSA) is 150 Å². The number of aromatic nitrogens is 4. The van der Waals surface area contributed by atoms with Gasteiger partial charge in [-0.3, -0.25) is 4.79 Å². The van der Waals surface area contributed by atoms with Gasteiger partial charge in [0.15, 0.2) is 0 Å². The molecule has 0 bridgehead atoms. The lowest BCUT2D eigenvalue weighted by atomic mass is 10.1. The molecule has 13 heteroatoms. The number of nitrogens with zero attached hydrogens (tertiary/aromatic N) is 5. The van der Waals surface area contributed by atoms with E-state index in [0.29, 0.717) is 5.75 Å². The predicted octanol–water partition coefficient (Wildman–Crippen LogP) is -0.544. The minimum atomic E-state index is -1.14. The van der Waals surface area contributed by atoms with Crippen molar-refractivity contribution < 1.29 is 33.6 Å². The third-order valence-corrected chi connectivity index (χ3v) is 5.15. The lowest BCUT2D eigenvalue weighted by molar-refractivity contribution is -0.143. The molecule has 4 atom stereocenters. The van der Waals surface area contributed by atoms with Crippen molar-refractivity contribution in [3.63, 3.8) is 0 Å². The Labute approximate surface area is 183 Å². The Bertz CT molecular complexity index is 967. The normalized spacial score (nSPS) is 24.2. The highest BCUT2D eigenvalue weighted by Gasteiger charge is 2.50. The summed E-state index contributed by atoms with van der Waals surface area (Å²) in [6.07, 6.45) is -0.795. The Morgan fingerprint density at radius 1 is 1.25 bits per heavy atom. The molecular formula is C19H24N6O7. The summed E-state index contributed by atoms with van der Waals surface area (Å²) in [6, 6.07) is 6.98. The molecule has 1 aromatic carbocycles. The van der Waals surface area contributed by atoms with Gasteiger partial charge in [-0.15, -0.1) is 0 Å². The summed E-state index contributed by atoms with van der Waals surface area (Å²) in [6.45, 7) is -0.393. The maximum atomic E-state index is 12.0. The number of anilines is 1. The zero-order chi connectivity index (χ0) is 22.7. The molecule has 0 aliphatic carbocycles. The zero-order valence-corrected chi connectivity index (χ0v) is 17.6. The number of carboxylic acids is 1. The number of fused-ring (bicyclic) bond motifs is 1. The minimum absolute atomic E-state index is 0.202. The molecule has 2 aliphatic rings. The SMILES string of the molecule is CN(C)c1cccc(Oc2nnnn2[C@@H]2CO[C@@H]3[C@@H]2OC[C@@H]3NC(=O)COCC(=O)O)c1. The summed E-state index contributed by atoms with van der Waals surface area (Å²) < 4.78 is 24.0. The van der Waals surface area contributed by atoms with Gasteiger partial charge < -0.3 is 34.3 Å². The van der Waals surface area contributed by atoms with Gasteiger partial charge in [-0.05, 0) is 22.6 Å². The van der Waals surface area contributed by atoms with Crippen LogP contribution in [0.5, 0.6) is 11.8 Å². The first-order valence-electron chi connectivity index (χ1n) is 9.97. The monoisotopic (exact) mass is 448 g/mol. The van der Waals surface area contributed by atoms with Crippen molar-refractivity contribution in [3.8, 4) is 11.8 Å². The van der Waals surface area contributed by atoms with Crippen LogP contribution >= 0.6 is 0 Å². The van der Waals surface area contributed by atoms with Crippen molar-refractivity contribution in [1.82, 2.24) is 25.5 Å². The Balaban J connectivity index is 1.39. The lowest BCUT2D eigenvalue weighted by Crippen LogP contribution is -2.45. The van der Waals surface area contributed by atoms with E-state index in [-0.39, 0.29) is 38.0 Å². The molecule has 2 saturated heterocycles. The van der Waals surface area contributed by atoms with Gasteiger partial charge in [0.2, 0.25) is 5.91 Å². The number of aliphatic carboxylic acids is 1. The number of ether oxygens (including phenoxy) is 4. The third kappa shape index (κ3) is 4.79. The van der Waals surface area contributed by atoms with Crippen LogP contribution in [-0.4, -0.2) is 96.0 Å². The molecule has 13 nitrogen and oxygen atoms in total. The highest BCUT2D eigenvalue weighted by molar-refractivity contribution is 5.78. The molecular weight excluding hydrogens is 424 g/mol. The summed E-state index contributed by atoms with van der Waals surface area (Å²) in [5.41, 5.74) is 0.968. The van der Waals surface area contributed by atoms with E-state index in [4.69, 9.17) is 24.1 Å². The van der Waals surface area contributed by atoms with Crippen LogP contribution in [0.1, 0.15) is 6.04 Å². The minimum Gasteiger partial charge on any atom is -0.480 e. The first-order valence-corrected chi connectivity index (χ1v) is 9.97. The first kappa shape index (κ1) is 21.9. The Morgan fingerprint density at radius 3 is 2.84 bits per heavy atom. The molecule has 0 radical (unpaired) electrons. The van der Waals surface area contributed by atoms with Gasteiger partial charge in [0, 0.05) is 25.8 Å². The Kier molecular flexibility index (Phi) is 6.48. The van der Waals surface area contributed by atoms with E-state index < -0.39 is 30.6 Å². The van der Waals surface area contributed by atoms with Crippen molar-refractivity contribution in [3.05, 3.63) is 24.3 Å². The maximum absolute atomic E-state index is 12.0. The van der Waals surface area contributed by atoms with Crippen LogP contribution in [0, 0.1) is 0 Å². The fourth-order valence-corrected chi connectivity index (χ4v) is 3.68. The molecule has 2 aliphatic heterocycles. The number of carboxylic acid groups (broad SMARTS) is 1. The van der Waals surface area contributed by atoms with Crippen LogP contribution < -0.4 is 15.0 Å². The number of nitrogens with one attached hydrogen (secondary N) is 1. The highest BCUT2D eigenvalue weighted by atomic mass is 16.6. The van der Waals surface area contributed by atoms with Crippen LogP contribution in [0.2, 0.25) is 0 Å². The van der Waals surface area contributed by atoms with Gasteiger partial charge in [-0.25, -0.2) is 4.79 Å². The van der Waals surface area contributed by atoms with Crippen molar-refractivity contribution >= 4 is 17.6 Å². The second-order valence-electron chi connectivity index (χ2n) is 7.62. The molecule has 2 N–H and O–H groups in total. The number of carbonyl (C=O) groups excluding carboxylic acids is 1. The van der Waals surface area contributed by atoms with Crippen molar-refractivity contribution in [2.45, 2.75) is 24.3 Å². The summed E-state index contributed by atoms with van der Waals surface area (Å²) in [5, 5.41) is 23.1. The second-order valence-corrected chi connectivity index (χ2v) is 7.62. The zero-order valence-electron chi connectivity index (χ0n) is 17.6. The van der Waals surface area contributed by atoms with E-state index in [1.165, 1.54) is 4.68 Å². The molecule has 2 fully saturated rings. The lowest BCUT2D eigenvalue weighted by Gasteiger charge is -2.18. The summed E-state index contributed by atoms with van der Waals surface area (Å²) >= 11 is 0. The fourth-order valence-electron chi connectivity index (χ4n) is 3.68. The van der Waals surface area contributed by atoms with E-state index in [1.807, 2.05) is 43.3 Å². The highest BCUT2D eigenvalue weighted by Crippen LogP contribution is 2.36. The van der Waals surface area contributed by atoms with E-state index >= 15 is 0 Å². The molecule has 1 amide bonds.